The predicted molar refractivity (Wildman–Crippen MR) is 199 cm³/mol. The van der Waals surface area contributed by atoms with E-state index >= 15 is 0 Å². The molecule has 1 heterocycles. The van der Waals surface area contributed by atoms with Gasteiger partial charge in [0.05, 0.1) is 16.7 Å². The van der Waals surface area contributed by atoms with E-state index in [9.17, 15) is 11.0 Å². The molecule has 0 spiro atoms. The number of fused-ring (bicyclic) bond motifs is 5. The second-order valence-electron chi connectivity index (χ2n) is 11.8. The summed E-state index contributed by atoms with van der Waals surface area (Å²) in [5.74, 6) is 0.860. The van der Waals surface area contributed by atoms with Gasteiger partial charge < -0.3 is 9.64 Å². The zero-order chi connectivity index (χ0) is 38.8. The van der Waals surface area contributed by atoms with Gasteiger partial charge in [-0.3, -0.25) is 0 Å². The Morgan fingerprint density at radius 3 is 1.75 bits per heavy atom. The number of hydrogen-bond donors (Lipinski definition) is 0. The second kappa shape index (κ2) is 11.9. The lowest BCUT2D eigenvalue weighted by atomic mass is 9.83. The molecule has 2 aliphatic rings. The number of anilines is 3. The van der Waals surface area contributed by atoms with Crippen LogP contribution in [0.3, 0.4) is 0 Å². The van der Waals surface area contributed by atoms with Crippen LogP contribution < -0.4 is 9.64 Å². The van der Waals surface area contributed by atoms with Gasteiger partial charge in [0.1, 0.15) is 11.9 Å². The molecular weight excluding hydrogens is 583 g/mol. The average molecular weight is 624 g/mol. The van der Waals surface area contributed by atoms with Crippen LogP contribution in [0.1, 0.15) is 39.7 Å². The van der Waals surface area contributed by atoms with Gasteiger partial charge in [0.2, 0.25) is 0 Å². The molecule has 0 aromatic heterocycles. The smallest absolute Gasteiger partial charge is 0.135 e. The van der Waals surface area contributed by atoms with Crippen molar-refractivity contribution in [3.63, 3.8) is 0 Å². The van der Waals surface area contributed by atoms with Gasteiger partial charge in [-0.15, -0.1) is 0 Å². The Labute approximate surface area is 293 Å². The third-order valence-corrected chi connectivity index (χ3v) is 8.99. The Hall–Kier alpha value is -6.12. The molecule has 0 N–H and O–H groups in total. The van der Waals surface area contributed by atoms with Crippen molar-refractivity contribution >= 4 is 23.1 Å². The maximum atomic E-state index is 9.45. The summed E-state index contributed by atoms with van der Waals surface area (Å²) in [6.07, 6.45) is 4.00. The number of ether oxygens (including phenoxy) is 1. The van der Waals surface area contributed by atoms with Crippen LogP contribution in [0.5, 0.6) is 5.75 Å². The third-order valence-electron chi connectivity index (χ3n) is 8.99. The van der Waals surface area contributed by atoms with E-state index < -0.39 is 0 Å². The van der Waals surface area contributed by atoms with Gasteiger partial charge in [-0.1, -0.05) is 146 Å². The van der Waals surface area contributed by atoms with Gasteiger partial charge in [0, 0.05) is 34.0 Å². The van der Waals surface area contributed by atoms with Crippen LogP contribution in [0.25, 0.3) is 39.5 Å². The standard InChI is InChI=1S/C46H33NO/c1-3-11-32(12-4-1)34-21-26-38(27-22-34)47(39-28-23-35(24-29-39)33-13-5-2-6-14-33)44-17-9-7-15-40(44)37-20-19-36-25-30-42-41-16-8-10-18-45(41)48-46(42)43(36)31-37/h1-31,42,46H/i21D,22D,23D,24D,26D,27D,28D,29D. The summed E-state index contributed by atoms with van der Waals surface area (Å²) in [4.78, 5) is 1.38. The molecule has 0 fully saturated rings. The van der Waals surface area contributed by atoms with Crippen molar-refractivity contribution in [3.05, 3.63) is 198 Å². The number of benzene rings is 7. The Morgan fingerprint density at radius 2 is 1.08 bits per heavy atom. The largest absolute Gasteiger partial charge is 0.484 e. The summed E-state index contributed by atoms with van der Waals surface area (Å²) in [7, 11) is 0. The minimum atomic E-state index is -0.390. The Kier molecular flexibility index (Phi) is 5.18. The highest BCUT2D eigenvalue weighted by molar-refractivity contribution is 5.89. The van der Waals surface area contributed by atoms with Crippen molar-refractivity contribution in [1.29, 1.82) is 0 Å². The lowest BCUT2D eigenvalue weighted by molar-refractivity contribution is 0.223. The van der Waals surface area contributed by atoms with Crippen LogP contribution in [0, 0.1) is 0 Å². The van der Waals surface area contributed by atoms with Gasteiger partial charge in [-0.2, -0.15) is 0 Å². The van der Waals surface area contributed by atoms with Gasteiger partial charge in [0.15, 0.2) is 0 Å². The van der Waals surface area contributed by atoms with Crippen LogP contribution in [-0.4, -0.2) is 0 Å². The molecule has 2 nitrogen and oxygen atoms in total. The Morgan fingerprint density at radius 1 is 0.500 bits per heavy atom. The summed E-state index contributed by atoms with van der Waals surface area (Å²) >= 11 is 0. The fraction of sp³-hybridized carbons (Fsp3) is 0.0435. The minimum Gasteiger partial charge on any atom is -0.484 e. The Balaban J connectivity index is 1.30. The first-order valence-electron chi connectivity index (χ1n) is 19.9. The molecule has 0 amide bonds. The maximum absolute atomic E-state index is 9.45. The van der Waals surface area contributed by atoms with Gasteiger partial charge in [0.25, 0.3) is 0 Å². The molecule has 2 atom stereocenters. The van der Waals surface area contributed by atoms with E-state index in [4.69, 9.17) is 4.74 Å². The number of rotatable bonds is 6. The highest BCUT2D eigenvalue weighted by Gasteiger charge is 2.37. The monoisotopic (exact) mass is 623 g/mol. The molecule has 1 aliphatic heterocycles. The van der Waals surface area contributed by atoms with E-state index in [1.165, 1.54) is 4.90 Å². The summed E-state index contributed by atoms with van der Waals surface area (Å²) < 4.78 is 81.1. The molecule has 48 heavy (non-hydrogen) atoms. The van der Waals surface area contributed by atoms with Crippen molar-refractivity contribution in [3.8, 4) is 39.1 Å². The van der Waals surface area contributed by atoms with Gasteiger partial charge in [-0.25, -0.2) is 0 Å². The van der Waals surface area contributed by atoms with E-state index in [-0.39, 0.29) is 82.9 Å². The molecule has 9 rings (SSSR count). The molecule has 2 heteroatoms. The van der Waals surface area contributed by atoms with Gasteiger partial charge in [-0.05, 0) is 75.7 Å². The normalized spacial score (nSPS) is 17.9. The highest BCUT2D eigenvalue weighted by atomic mass is 16.5. The van der Waals surface area contributed by atoms with Crippen molar-refractivity contribution < 1.29 is 15.7 Å². The summed E-state index contributed by atoms with van der Waals surface area (Å²) in [6, 6.07) is 36.1. The number of nitrogens with zero attached hydrogens (tertiary/aromatic N) is 1. The molecule has 0 radical (unpaired) electrons. The van der Waals surface area contributed by atoms with Crippen LogP contribution in [0.4, 0.5) is 17.1 Å². The topological polar surface area (TPSA) is 12.5 Å². The quantitative estimate of drug-likeness (QED) is 0.183. The molecule has 7 aromatic rings. The zero-order valence-electron chi connectivity index (χ0n) is 33.8. The second-order valence-corrected chi connectivity index (χ2v) is 11.8. The van der Waals surface area contributed by atoms with E-state index in [1.54, 1.807) is 60.7 Å². The van der Waals surface area contributed by atoms with Crippen molar-refractivity contribution in [2.24, 2.45) is 0 Å². The highest BCUT2D eigenvalue weighted by Crippen LogP contribution is 2.51. The molecule has 7 aromatic carbocycles. The van der Waals surface area contributed by atoms with Crippen molar-refractivity contribution in [1.82, 2.24) is 0 Å². The number of para-hydroxylation sites is 2. The predicted octanol–water partition coefficient (Wildman–Crippen LogP) is 12.4. The summed E-state index contributed by atoms with van der Waals surface area (Å²) in [5.41, 5.74) is 5.67. The molecule has 0 bridgehead atoms. The molecule has 0 saturated carbocycles. The minimum absolute atomic E-state index is 0.0253. The third kappa shape index (κ3) is 4.99. The maximum Gasteiger partial charge on any atom is 0.135 e. The first-order chi connectivity index (χ1) is 27.2. The average Bonchev–Trinajstić information content (AvgIpc) is 3.62. The molecule has 228 valence electrons. The van der Waals surface area contributed by atoms with Gasteiger partial charge >= 0.3 is 0 Å². The first kappa shape index (κ1) is 20.9. The molecule has 2 unspecified atom stereocenters. The number of hydrogen-bond acceptors (Lipinski definition) is 2. The molecule has 1 aliphatic carbocycles. The first-order valence-corrected chi connectivity index (χ1v) is 15.9. The van der Waals surface area contributed by atoms with Crippen LogP contribution >= 0.6 is 0 Å². The molecular formula is C46H33NO. The fourth-order valence-corrected chi connectivity index (χ4v) is 6.64. The van der Waals surface area contributed by atoms with E-state index in [2.05, 4.69) is 24.3 Å². The van der Waals surface area contributed by atoms with Crippen LogP contribution in [0.15, 0.2) is 182 Å². The Bertz CT molecular complexity index is 2570. The summed E-state index contributed by atoms with van der Waals surface area (Å²) in [5, 5.41) is 0. The van der Waals surface area contributed by atoms with E-state index in [0.717, 1.165) is 28.0 Å². The summed E-state index contributed by atoms with van der Waals surface area (Å²) in [6.45, 7) is 0. The van der Waals surface area contributed by atoms with E-state index in [1.807, 2.05) is 54.6 Å². The van der Waals surface area contributed by atoms with Crippen molar-refractivity contribution in [2.75, 3.05) is 4.90 Å². The fourth-order valence-electron chi connectivity index (χ4n) is 6.64. The SMILES string of the molecule is [2H]c1c([2H])c(N(c2ccccc2-c2ccc3c(c2)C2Oc4ccccc4C2C=C3)c2c([2H])c([2H])c(-c3ccccc3)c([2H])c2[2H])c([2H])c([2H])c1-c1ccccc1. The lowest BCUT2D eigenvalue weighted by Gasteiger charge is -2.29. The lowest BCUT2D eigenvalue weighted by Crippen LogP contribution is -2.13. The van der Waals surface area contributed by atoms with E-state index in [0.29, 0.717) is 22.4 Å². The van der Waals surface area contributed by atoms with Crippen LogP contribution in [0.2, 0.25) is 0 Å². The zero-order valence-corrected chi connectivity index (χ0v) is 25.8. The molecule has 0 saturated heterocycles. The van der Waals surface area contributed by atoms with Crippen LogP contribution in [-0.2, 0) is 0 Å². The van der Waals surface area contributed by atoms with Crippen molar-refractivity contribution in [2.45, 2.75) is 12.0 Å².